The van der Waals surface area contributed by atoms with Gasteiger partial charge in [-0.15, -0.1) is 0 Å². The number of hydrogen-bond acceptors (Lipinski definition) is 3. The molecule has 0 radical (unpaired) electrons. The minimum Gasteiger partial charge on any atom is -0.398 e. The van der Waals surface area contributed by atoms with Crippen LogP contribution in [-0.2, 0) is 0 Å². The van der Waals surface area contributed by atoms with Crippen molar-refractivity contribution in [1.29, 1.82) is 0 Å². The maximum Gasteiger partial charge on any atom is 0.0417 e. The van der Waals surface area contributed by atoms with Crippen molar-refractivity contribution in [2.45, 2.75) is 20.8 Å². The number of nitrogens with two attached hydrogens (primary N) is 1. The first-order valence-electron chi connectivity index (χ1n) is 6.90. The second-order valence-electron chi connectivity index (χ2n) is 5.67. The van der Waals surface area contributed by atoms with Crippen molar-refractivity contribution >= 4 is 11.4 Å². The maximum absolute atomic E-state index is 5.98. The molecule has 1 aliphatic heterocycles. The molecule has 3 nitrogen and oxygen atoms in total. The van der Waals surface area contributed by atoms with E-state index in [0.717, 1.165) is 37.8 Å². The zero-order valence-electron chi connectivity index (χ0n) is 11.8. The quantitative estimate of drug-likeness (QED) is 0.832. The van der Waals surface area contributed by atoms with Crippen molar-refractivity contribution in [3.63, 3.8) is 0 Å². The topological polar surface area (TPSA) is 32.5 Å². The monoisotopic (exact) mass is 247 g/mol. The summed E-state index contributed by atoms with van der Waals surface area (Å²) in [4.78, 5) is 5.02. The molecule has 0 amide bonds. The Hall–Kier alpha value is -1.22. The lowest BCUT2D eigenvalue weighted by Crippen LogP contribution is -2.47. The van der Waals surface area contributed by atoms with Crippen LogP contribution in [0.5, 0.6) is 0 Å². The van der Waals surface area contributed by atoms with E-state index in [2.05, 4.69) is 42.7 Å². The Labute approximate surface area is 111 Å². The molecule has 18 heavy (non-hydrogen) atoms. The van der Waals surface area contributed by atoms with Gasteiger partial charge in [0.2, 0.25) is 0 Å². The molecule has 1 aliphatic rings. The van der Waals surface area contributed by atoms with Gasteiger partial charge in [-0.3, -0.25) is 4.90 Å². The van der Waals surface area contributed by atoms with Gasteiger partial charge in [0.1, 0.15) is 0 Å². The van der Waals surface area contributed by atoms with Crippen LogP contribution in [0.2, 0.25) is 0 Å². The van der Waals surface area contributed by atoms with Gasteiger partial charge in [0.05, 0.1) is 0 Å². The summed E-state index contributed by atoms with van der Waals surface area (Å²) in [6, 6.07) is 6.22. The molecule has 2 N–H and O–H groups in total. The zero-order chi connectivity index (χ0) is 13.1. The van der Waals surface area contributed by atoms with Crippen molar-refractivity contribution in [3.8, 4) is 0 Å². The van der Waals surface area contributed by atoms with E-state index in [1.165, 1.54) is 17.8 Å². The molecule has 0 aromatic heterocycles. The zero-order valence-corrected chi connectivity index (χ0v) is 11.8. The third-order valence-corrected chi connectivity index (χ3v) is 3.68. The molecule has 0 atom stereocenters. The lowest BCUT2D eigenvalue weighted by molar-refractivity contribution is 0.231. The molecular weight excluding hydrogens is 222 g/mol. The van der Waals surface area contributed by atoms with Crippen molar-refractivity contribution in [1.82, 2.24) is 4.90 Å². The van der Waals surface area contributed by atoms with E-state index in [1.54, 1.807) is 0 Å². The molecule has 1 heterocycles. The molecule has 0 saturated carbocycles. The van der Waals surface area contributed by atoms with E-state index in [9.17, 15) is 0 Å². The molecule has 0 unspecified atom stereocenters. The van der Waals surface area contributed by atoms with Crippen molar-refractivity contribution in [3.05, 3.63) is 23.8 Å². The van der Waals surface area contributed by atoms with E-state index in [-0.39, 0.29) is 0 Å². The molecule has 2 rings (SSSR count). The Morgan fingerprint density at radius 2 is 1.83 bits per heavy atom. The number of piperazine rings is 1. The van der Waals surface area contributed by atoms with Crippen molar-refractivity contribution in [2.75, 3.05) is 43.4 Å². The highest BCUT2D eigenvalue weighted by molar-refractivity contribution is 5.64. The highest BCUT2D eigenvalue weighted by Gasteiger charge is 2.19. The van der Waals surface area contributed by atoms with Gasteiger partial charge in [-0.05, 0) is 30.5 Å². The standard InChI is InChI=1S/C15H25N3/c1-12(2)11-17-7-9-18(10-8-17)15-6-4-5-14(16)13(15)3/h4-6,12H,7-11,16H2,1-3H3. The summed E-state index contributed by atoms with van der Waals surface area (Å²) >= 11 is 0. The highest BCUT2D eigenvalue weighted by atomic mass is 15.3. The van der Waals surface area contributed by atoms with Crippen LogP contribution >= 0.6 is 0 Å². The van der Waals surface area contributed by atoms with Crippen LogP contribution in [0, 0.1) is 12.8 Å². The molecule has 1 saturated heterocycles. The fourth-order valence-corrected chi connectivity index (χ4v) is 2.67. The Morgan fingerprint density at radius 3 is 2.44 bits per heavy atom. The molecule has 100 valence electrons. The second kappa shape index (κ2) is 5.61. The van der Waals surface area contributed by atoms with Crippen LogP contribution < -0.4 is 10.6 Å². The van der Waals surface area contributed by atoms with Crippen molar-refractivity contribution in [2.24, 2.45) is 5.92 Å². The Balaban J connectivity index is 1.99. The number of anilines is 2. The van der Waals surface area contributed by atoms with Gasteiger partial charge in [-0.25, -0.2) is 0 Å². The van der Waals surface area contributed by atoms with Crippen LogP contribution in [0.4, 0.5) is 11.4 Å². The van der Waals surface area contributed by atoms with E-state index in [4.69, 9.17) is 5.73 Å². The fourth-order valence-electron chi connectivity index (χ4n) is 2.67. The average molecular weight is 247 g/mol. The van der Waals surface area contributed by atoms with Gasteiger partial charge in [-0.2, -0.15) is 0 Å². The van der Waals surface area contributed by atoms with Crippen LogP contribution in [-0.4, -0.2) is 37.6 Å². The lowest BCUT2D eigenvalue weighted by Gasteiger charge is -2.37. The Bertz CT molecular complexity index is 393. The molecule has 0 bridgehead atoms. The predicted octanol–water partition coefficient (Wildman–Crippen LogP) is 2.36. The summed E-state index contributed by atoms with van der Waals surface area (Å²) in [6.07, 6.45) is 0. The van der Waals surface area contributed by atoms with Gasteiger partial charge < -0.3 is 10.6 Å². The normalized spacial score (nSPS) is 17.4. The smallest absolute Gasteiger partial charge is 0.0417 e. The Kier molecular flexibility index (Phi) is 4.12. The number of rotatable bonds is 3. The predicted molar refractivity (Wildman–Crippen MR) is 79.1 cm³/mol. The number of benzene rings is 1. The minimum atomic E-state index is 0.755. The van der Waals surface area contributed by atoms with Crippen molar-refractivity contribution < 1.29 is 0 Å². The third kappa shape index (κ3) is 2.96. The average Bonchev–Trinajstić information content (AvgIpc) is 2.33. The van der Waals surface area contributed by atoms with E-state index < -0.39 is 0 Å². The van der Waals surface area contributed by atoms with E-state index in [1.807, 2.05) is 6.07 Å². The first-order chi connectivity index (χ1) is 8.58. The molecule has 0 spiro atoms. The molecular formula is C15H25N3. The van der Waals surface area contributed by atoms with E-state index in [0.29, 0.717) is 0 Å². The molecule has 1 aromatic rings. The Morgan fingerprint density at radius 1 is 1.17 bits per heavy atom. The summed E-state index contributed by atoms with van der Waals surface area (Å²) < 4.78 is 0. The van der Waals surface area contributed by atoms with E-state index >= 15 is 0 Å². The minimum absolute atomic E-state index is 0.755. The van der Waals surface area contributed by atoms with Crippen LogP contribution in [0.1, 0.15) is 19.4 Å². The van der Waals surface area contributed by atoms with Gasteiger partial charge in [0, 0.05) is 44.1 Å². The molecule has 0 aliphatic carbocycles. The summed E-state index contributed by atoms with van der Waals surface area (Å²) in [5, 5.41) is 0. The van der Waals surface area contributed by atoms with Gasteiger partial charge in [-0.1, -0.05) is 19.9 Å². The SMILES string of the molecule is Cc1c(N)cccc1N1CCN(CC(C)C)CC1. The number of nitrogens with zero attached hydrogens (tertiary/aromatic N) is 2. The number of nitrogen functional groups attached to an aromatic ring is 1. The summed E-state index contributed by atoms with van der Waals surface area (Å²) in [6.45, 7) is 12.4. The molecule has 1 fully saturated rings. The molecule has 3 heteroatoms. The van der Waals surface area contributed by atoms with Gasteiger partial charge in [0.25, 0.3) is 0 Å². The largest absolute Gasteiger partial charge is 0.398 e. The fraction of sp³-hybridized carbons (Fsp3) is 0.600. The lowest BCUT2D eigenvalue weighted by atomic mass is 10.1. The maximum atomic E-state index is 5.98. The summed E-state index contributed by atoms with van der Waals surface area (Å²) in [7, 11) is 0. The second-order valence-corrected chi connectivity index (χ2v) is 5.67. The van der Waals surface area contributed by atoms with Crippen LogP contribution in [0.15, 0.2) is 18.2 Å². The van der Waals surface area contributed by atoms with Gasteiger partial charge in [0.15, 0.2) is 0 Å². The van der Waals surface area contributed by atoms with Gasteiger partial charge >= 0.3 is 0 Å². The molecule has 1 aromatic carbocycles. The van der Waals surface area contributed by atoms with Crippen LogP contribution in [0.3, 0.4) is 0 Å². The number of hydrogen-bond donors (Lipinski definition) is 1. The third-order valence-electron chi connectivity index (χ3n) is 3.68. The first-order valence-corrected chi connectivity index (χ1v) is 6.90. The highest BCUT2D eigenvalue weighted by Crippen LogP contribution is 2.25. The summed E-state index contributed by atoms with van der Waals surface area (Å²) in [5.74, 6) is 0.755. The van der Waals surface area contributed by atoms with Crippen LogP contribution in [0.25, 0.3) is 0 Å². The summed E-state index contributed by atoms with van der Waals surface area (Å²) in [5.41, 5.74) is 9.41. The first kappa shape index (κ1) is 13.2.